The van der Waals surface area contributed by atoms with Gasteiger partial charge in [-0.1, -0.05) is 19.9 Å². The molecule has 0 aliphatic heterocycles. The van der Waals surface area contributed by atoms with Gasteiger partial charge < -0.3 is 4.98 Å². The molecule has 0 bridgehead atoms. The average molecular weight is 219 g/mol. The zero-order valence-electron chi connectivity index (χ0n) is 9.43. The highest BCUT2D eigenvalue weighted by Crippen LogP contribution is 2.20. The maximum atomic E-state index is 13.1. The van der Waals surface area contributed by atoms with E-state index < -0.39 is 0 Å². The standard InChI is InChI=1S/C13H14FNO/c1-3-9-10-6-5-8(14)7-11(10)13(16)15-12(9)4-2/h5-7H,3-4H2,1-2H3,(H,15,16). The van der Waals surface area contributed by atoms with Crippen molar-refractivity contribution >= 4 is 10.8 Å². The van der Waals surface area contributed by atoms with Crippen molar-refractivity contribution in [2.75, 3.05) is 0 Å². The van der Waals surface area contributed by atoms with Crippen molar-refractivity contribution in [1.82, 2.24) is 4.98 Å². The van der Waals surface area contributed by atoms with Crippen molar-refractivity contribution in [2.24, 2.45) is 0 Å². The molecule has 3 heteroatoms. The quantitative estimate of drug-likeness (QED) is 0.827. The van der Waals surface area contributed by atoms with E-state index in [1.165, 1.54) is 12.1 Å². The van der Waals surface area contributed by atoms with Crippen molar-refractivity contribution in [3.05, 3.63) is 45.6 Å². The minimum atomic E-state index is -0.371. The summed E-state index contributed by atoms with van der Waals surface area (Å²) in [4.78, 5) is 14.6. The van der Waals surface area contributed by atoms with Gasteiger partial charge in [0.2, 0.25) is 0 Å². The number of aryl methyl sites for hydroxylation is 2. The lowest BCUT2D eigenvalue weighted by atomic mass is 10.0. The van der Waals surface area contributed by atoms with Crippen LogP contribution in [0.25, 0.3) is 10.8 Å². The van der Waals surface area contributed by atoms with Gasteiger partial charge in [-0.3, -0.25) is 4.79 Å². The number of halogens is 1. The third-order valence-electron chi connectivity index (χ3n) is 2.89. The summed E-state index contributed by atoms with van der Waals surface area (Å²) in [5.41, 5.74) is 1.85. The predicted molar refractivity (Wildman–Crippen MR) is 63.3 cm³/mol. The van der Waals surface area contributed by atoms with Crippen LogP contribution < -0.4 is 5.56 Å². The van der Waals surface area contributed by atoms with E-state index in [1.54, 1.807) is 6.07 Å². The van der Waals surface area contributed by atoms with E-state index in [-0.39, 0.29) is 11.4 Å². The number of pyridine rings is 1. The average Bonchev–Trinajstić information content (AvgIpc) is 2.29. The third-order valence-corrected chi connectivity index (χ3v) is 2.89. The van der Waals surface area contributed by atoms with Crippen LogP contribution in [0.1, 0.15) is 25.1 Å². The molecule has 0 radical (unpaired) electrons. The lowest BCUT2D eigenvalue weighted by Crippen LogP contribution is -2.12. The molecule has 0 aliphatic carbocycles. The number of aromatic nitrogens is 1. The number of fused-ring (bicyclic) bond motifs is 1. The van der Waals surface area contributed by atoms with Gasteiger partial charge in [-0.25, -0.2) is 4.39 Å². The van der Waals surface area contributed by atoms with Gasteiger partial charge >= 0.3 is 0 Å². The number of rotatable bonds is 2. The molecule has 0 saturated heterocycles. The fourth-order valence-corrected chi connectivity index (χ4v) is 2.12. The number of hydrogen-bond acceptors (Lipinski definition) is 1. The third kappa shape index (κ3) is 1.62. The monoisotopic (exact) mass is 219 g/mol. The second-order valence-corrected chi connectivity index (χ2v) is 3.81. The molecule has 0 aliphatic rings. The van der Waals surface area contributed by atoms with Crippen LogP contribution in [0, 0.1) is 5.82 Å². The summed E-state index contributed by atoms with van der Waals surface area (Å²) >= 11 is 0. The first-order chi connectivity index (χ1) is 7.67. The van der Waals surface area contributed by atoms with Gasteiger partial charge in [0.15, 0.2) is 0 Å². The van der Waals surface area contributed by atoms with Crippen LogP contribution in [-0.4, -0.2) is 4.98 Å². The fraction of sp³-hybridized carbons (Fsp3) is 0.308. The van der Waals surface area contributed by atoms with Gasteiger partial charge in [0.25, 0.3) is 5.56 Å². The van der Waals surface area contributed by atoms with Gasteiger partial charge in [0, 0.05) is 5.69 Å². The Hall–Kier alpha value is -1.64. The summed E-state index contributed by atoms with van der Waals surface area (Å²) in [7, 11) is 0. The molecule has 2 nitrogen and oxygen atoms in total. The number of aromatic amines is 1. The highest BCUT2D eigenvalue weighted by atomic mass is 19.1. The van der Waals surface area contributed by atoms with Crippen molar-refractivity contribution in [2.45, 2.75) is 26.7 Å². The Morgan fingerprint density at radius 3 is 2.56 bits per heavy atom. The summed E-state index contributed by atoms with van der Waals surface area (Å²) in [5, 5.41) is 1.30. The first-order valence-electron chi connectivity index (χ1n) is 5.50. The Bertz CT molecular complexity index is 586. The molecular weight excluding hydrogens is 205 g/mol. The Kier molecular flexibility index (Phi) is 2.77. The van der Waals surface area contributed by atoms with Crippen LogP contribution in [0.3, 0.4) is 0 Å². The molecule has 16 heavy (non-hydrogen) atoms. The topological polar surface area (TPSA) is 32.9 Å². The van der Waals surface area contributed by atoms with Gasteiger partial charge in [-0.05, 0) is 35.9 Å². The molecule has 0 spiro atoms. The Morgan fingerprint density at radius 1 is 1.19 bits per heavy atom. The summed E-state index contributed by atoms with van der Waals surface area (Å²) in [5.74, 6) is -0.371. The van der Waals surface area contributed by atoms with E-state index in [0.717, 1.165) is 29.5 Å². The normalized spacial score (nSPS) is 10.9. The van der Waals surface area contributed by atoms with E-state index in [2.05, 4.69) is 4.98 Å². The molecule has 2 rings (SSSR count). The molecule has 0 amide bonds. The molecule has 0 fully saturated rings. The van der Waals surface area contributed by atoms with E-state index >= 15 is 0 Å². The second-order valence-electron chi connectivity index (χ2n) is 3.81. The number of benzene rings is 1. The Labute approximate surface area is 93.1 Å². The van der Waals surface area contributed by atoms with Crippen LogP contribution in [0.2, 0.25) is 0 Å². The van der Waals surface area contributed by atoms with Crippen molar-refractivity contribution in [3.63, 3.8) is 0 Å². The number of H-pyrrole nitrogens is 1. The SMILES string of the molecule is CCc1[nH]c(=O)c2cc(F)ccc2c1CC. The van der Waals surface area contributed by atoms with Gasteiger partial charge in [0.05, 0.1) is 5.39 Å². The van der Waals surface area contributed by atoms with Crippen LogP contribution in [0.15, 0.2) is 23.0 Å². The van der Waals surface area contributed by atoms with Gasteiger partial charge in [-0.2, -0.15) is 0 Å². The number of nitrogens with one attached hydrogen (secondary N) is 1. The molecule has 0 saturated carbocycles. The minimum absolute atomic E-state index is 0.205. The van der Waals surface area contributed by atoms with Crippen molar-refractivity contribution in [3.8, 4) is 0 Å². The van der Waals surface area contributed by atoms with E-state index in [9.17, 15) is 9.18 Å². The smallest absolute Gasteiger partial charge is 0.256 e. The van der Waals surface area contributed by atoms with Crippen LogP contribution in [0.5, 0.6) is 0 Å². The van der Waals surface area contributed by atoms with Crippen LogP contribution in [0.4, 0.5) is 4.39 Å². The Balaban J connectivity index is 2.91. The second kappa shape index (κ2) is 4.08. The van der Waals surface area contributed by atoms with E-state index in [0.29, 0.717) is 5.39 Å². The van der Waals surface area contributed by atoms with Crippen molar-refractivity contribution in [1.29, 1.82) is 0 Å². The molecule has 0 atom stereocenters. The van der Waals surface area contributed by atoms with Crippen LogP contribution >= 0.6 is 0 Å². The van der Waals surface area contributed by atoms with Gasteiger partial charge in [-0.15, -0.1) is 0 Å². The summed E-state index contributed by atoms with van der Waals surface area (Å²) in [6.45, 7) is 4.04. The highest BCUT2D eigenvalue weighted by Gasteiger charge is 2.09. The summed E-state index contributed by atoms with van der Waals surface area (Å²) in [6, 6.07) is 4.39. The van der Waals surface area contributed by atoms with E-state index in [1.807, 2.05) is 13.8 Å². The molecular formula is C13H14FNO. The molecule has 1 heterocycles. The largest absolute Gasteiger partial charge is 0.325 e. The predicted octanol–water partition coefficient (Wildman–Crippen LogP) is 2.79. The molecule has 2 aromatic rings. The first kappa shape index (κ1) is 10.9. The molecule has 84 valence electrons. The van der Waals surface area contributed by atoms with Crippen LogP contribution in [-0.2, 0) is 12.8 Å². The molecule has 1 aromatic heterocycles. The van der Waals surface area contributed by atoms with Gasteiger partial charge in [0.1, 0.15) is 5.82 Å². The summed E-state index contributed by atoms with van der Waals surface area (Å²) < 4.78 is 13.1. The Morgan fingerprint density at radius 2 is 1.94 bits per heavy atom. The zero-order chi connectivity index (χ0) is 11.7. The molecule has 0 unspecified atom stereocenters. The molecule has 1 N–H and O–H groups in total. The molecule has 1 aromatic carbocycles. The number of hydrogen-bond donors (Lipinski definition) is 1. The zero-order valence-corrected chi connectivity index (χ0v) is 9.43. The summed E-state index contributed by atoms with van der Waals surface area (Å²) in [6.07, 6.45) is 1.62. The first-order valence-corrected chi connectivity index (χ1v) is 5.50. The lowest BCUT2D eigenvalue weighted by molar-refractivity contribution is 0.629. The van der Waals surface area contributed by atoms with Crippen molar-refractivity contribution < 1.29 is 4.39 Å². The fourth-order valence-electron chi connectivity index (χ4n) is 2.12. The highest BCUT2D eigenvalue weighted by molar-refractivity contribution is 5.85. The van der Waals surface area contributed by atoms with E-state index in [4.69, 9.17) is 0 Å². The maximum Gasteiger partial charge on any atom is 0.256 e. The maximum absolute atomic E-state index is 13.1. The lowest BCUT2D eigenvalue weighted by Gasteiger charge is -2.09. The minimum Gasteiger partial charge on any atom is -0.325 e.